The Morgan fingerprint density at radius 2 is 2.06 bits per heavy atom. The summed E-state index contributed by atoms with van der Waals surface area (Å²) >= 11 is 0. The molecule has 1 aromatic heterocycles. The summed E-state index contributed by atoms with van der Waals surface area (Å²) in [6.07, 6.45) is 2.16. The fourth-order valence-corrected chi connectivity index (χ4v) is 1.42. The molecule has 0 saturated heterocycles. The van der Waals surface area contributed by atoms with Crippen LogP contribution < -0.4 is 4.74 Å². The van der Waals surface area contributed by atoms with E-state index in [1.165, 1.54) is 0 Å². The highest BCUT2D eigenvalue weighted by Gasteiger charge is 2.04. The molecule has 84 valence electrons. The normalized spacial score (nSPS) is 10.4. The van der Waals surface area contributed by atoms with Crippen LogP contribution in [0, 0.1) is 0 Å². The van der Waals surface area contributed by atoms with Crippen LogP contribution >= 0.6 is 0 Å². The van der Waals surface area contributed by atoms with Crippen LogP contribution in [-0.2, 0) is 13.0 Å². The number of hydrogen-bond acceptors (Lipinski definition) is 4. The van der Waals surface area contributed by atoms with Crippen LogP contribution in [0.1, 0.15) is 17.2 Å². The van der Waals surface area contributed by atoms with Crippen LogP contribution in [0.5, 0.6) is 5.75 Å². The number of aliphatic hydroxyl groups excluding tert-OH is 1. The maximum Gasteiger partial charge on any atom is 0.198 e. The Bertz CT molecular complexity index is 448. The van der Waals surface area contributed by atoms with E-state index < -0.39 is 0 Å². The van der Waals surface area contributed by atoms with E-state index in [9.17, 15) is 0 Å². The zero-order chi connectivity index (χ0) is 11.4. The summed E-state index contributed by atoms with van der Waals surface area (Å²) in [5.74, 6) is 1.92. The Morgan fingerprint density at radius 1 is 1.31 bits per heavy atom. The van der Waals surface area contributed by atoms with Crippen LogP contribution in [0.4, 0.5) is 0 Å². The molecule has 0 amide bonds. The summed E-state index contributed by atoms with van der Waals surface area (Å²) in [5.41, 5.74) is 1.09. The minimum absolute atomic E-state index is 0.115. The van der Waals surface area contributed by atoms with Crippen LogP contribution in [0.3, 0.4) is 0 Å². The second-order valence-corrected chi connectivity index (χ2v) is 3.40. The summed E-state index contributed by atoms with van der Waals surface area (Å²) in [4.78, 5) is 4.07. The van der Waals surface area contributed by atoms with Gasteiger partial charge >= 0.3 is 0 Å². The second kappa shape index (κ2) is 4.81. The van der Waals surface area contributed by atoms with Crippen molar-refractivity contribution in [1.29, 1.82) is 0 Å². The molecular formula is C12H13NO3. The molecule has 2 aromatic rings. The SMILES string of the molecule is COc1ccc(Cc2ncc(CO)o2)cc1. The maximum atomic E-state index is 8.84. The first-order valence-electron chi connectivity index (χ1n) is 4.99. The third-order valence-electron chi connectivity index (χ3n) is 2.27. The lowest BCUT2D eigenvalue weighted by Gasteiger charge is -2.00. The first kappa shape index (κ1) is 10.7. The molecule has 0 radical (unpaired) electrons. The lowest BCUT2D eigenvalue weighted by molar-refractivity contribution is 0.244. The molecule has 4 nitrogen and oxygen atoms in total. The van der Waals surface area contributed by atoms with Gasteiger partial charge in [-0.2, -0.15) is 0 Å². The van der Waals surface area contributed by atoms with E-state index in [-0.39, 0.29) is 6.61 Å². The minimum atomic E-state index is -0.115. The van der Waals surface area contributed by atoms with Gasteiger partial charge in [-0.25, -0.2) is 4.98 Å². The van der Waals surface area contributed by atoms with Gasteiger partial charge in [-0.15, -0.1) is 0 Å². The Hall–Kier alpha value is -1.81. The molecule has 0 saturated carbocycles. The molecule has 0 atom stereocenters. The third-order valence-corrected chi connectivity index (χ3v) is 2.27. The number of rotatable bonds is 4. The molecule has 0 bridgehead atoms. The van der Waals surface area contributed by atoms with E-state index in [0.29, 0.717) is 18.1 Å². The van der Waals surface area contributed by atoms with E-state index in [0.717, 1.165) is 11.3 Å². The van der Waals surface area contributed by atoms with E-state index in [4.69, 9.17) is 14.3 Å². The van der Waals surface area contributed by atoms with Crippen LogP contribution in [0.25, 0.3) is 0 Å². The summed E-state index contributed by atoms with van der Waals surface area (Å²) in [7, 11) is 1.64. The van der Waals surface area contributed by atoms with Crippen molar-refractivity contribution in [3.8, 4) is 5.75 Å². The van der Waals surface area contributed by atoms with E-state index in [1.54, 1.807) is 13.3 Å². The first-order chi connectivity index (χ1) is 7.81. The molecule has 0 fully saturated rings. The highest BCUT2D eigenvalue weighted by molar-refractivity contribution is 5.28. The molecule has 0 unspecified atom stereocenters. The van der Waals surface area contributed by atoms with Crippen LogP contribution in [-0.4, -0.2) is 17.2 Å². The van der Waals surface area contributed by atoms with Crippen molar-refractivity contribution < 1.29 is 14.3 Å². The maximum absolute atomic E-state index is 8.84. The van der Waals surface area contributed by atoms with Crippen molar-refractivity contribution in [1.82, 2.24) is 4.98 Å². The summed E-state index contributed by atoms with van der Waals surface area (Å²) in [5, 5.41) is 8.84. The number of methoxy groups -OCH3 is 1. The molecule has 2 rings (SSSR count). The fraction of sp³-hybridized carbons (Fsp3) is 0.250. The predicted octanol–water partition coefficient (Wildman–Crippen LogP) is 1.77. The molecule has 0 spiro atoms. The summed E-state index contributed by atoms with van der Waals surface area (Å²) < 4.78 is 10.4. The number of ether oxygens (including phenoxy) is 1. The summed E-state index contributed by atoms with van der Waals surface area (Å²) in [6, 6.07) is 7.71. The molecule has 1 aromatic carbocycles. The molecule has 1 heterocycles. The predicted molar refractivity (Wildman–Crippen MR) is 58.2 cm³/mol. The van der Waals surface area contributed by atoms with Crippen LogP contribution in [0.2, 0.25) is 0 Å². The number of aromatic nitrogens is 1. The highest BCUT2D eigenvalue weighted by Crippen LogP contribution is 2.14. The second-order valence-electron chi connectivity index (χ2n) is 3.40. The molecule has 16 heavy (non-hydrogen) atoms. The number of aliphatic hydroxyl groups is 1. The Morgan fingerprint density at radius 3 is 2.62 bits per heavy atom. The van der Waals surface area contributed by atoms with Crippen molar-refractivity contribution in [3.05, 3.63) is 47.7 Å². The van der Waals surface area contributed by atoms with E-state index >= 15 is 0 Å². The van der Waals surface area contributed by atoms with E-state index in [1.807, 2.05) is 24.3 Å². The number of hydrogen-bond donors (Lipinski definition) is 1. The molecule has 1 N–H and O–H groups in total. The van der Waals surface area contributed by atoms with Gasteiger partial charge in [0.1, 0.15) is 18.1 Å². The molecule has 4 heteroatoms. The van der Waals surface area contributed by atoms with Gasteiger partial charge in [0.15, 0.2) is 5.89 Å². The Kier molecular flexibility index (Phi) is 3.22. The zero-order valence-electron chi connectivity index (χ0n) is 9.01. The monoisotopic (exact) mass is 219 g/mol. The fourth-order valence-electron chi connectivity index (χ4n) is 1.42. The zero-order valence-corrected chi connectivity index (χ0v) is 9.01. The van der Waals surface area contributed by atoms with Crippen molar-refractivity contribution >= 4 is 0 Å². The largest absolute Gasteiger partial charge is 0.497 e. The van der Waals surface area contributed by atoms with Gasteiger partial charge < -0.3 is 14.3 Å². The summed E-state index contributed by atoms with van der Waals surface area (Å²) in [6.45, 7) is -0.115. The smallest absolute Gasteiger partial charge is 0.198 e. The average molecular weight is 219 g/mol. The van der Waals surface area contributed by atoms with Gasteiger partial charge in [0.25, 0.3) is 0 Å². The van der Waals surface area contributed by atoms with Crippen molar-refractivity contribution in [2.45, 2.75) is 13.0 Å². The lowest BCUT2D eigenvalue weighted by Crippen LogP contribution is -1.88. The van der Waals surface area contributed by atoms with Gasteiger partial charge in [0, 0.05) is 6.42 Å². The number of oxazole rings is 1. The van der Waals surface area contributed by atoms with Crippen molar-refractivity contribution in [3.63, 3.8) is 0 Å². The lowest BCUT2D eigenvalue weighted by atomic mass is 10.1. The standard InChI is InChI=1S/C12H13NO3/c1-15-10-4-2-9(3-5-10)6-12-13-7-11(8-14)16-12/h2-5,7,14H,6,8H2,1H3. The number of benzene rings is 1. The van der Waals surface area contributed by atoms with Crippen molar-refractivity contribution in [2.75, 3.05) is 7.11 Å². The first-order valence-corrected chi connectivity index (χ1v) is 4.99. The van der Waals surface area contributed by atoms with Crippen molar-refractivity contribution in [2.24, 2.45) is 0 Å². The third kappa shape index (κ3) is 2.41. The topological polar surface area (TPSA) is 55.5 Å². The van der Waals surface area contributed by atoms with Gasteiger partial charge in [-0.05, 0) is 17.7 Å². The van der Waals surface area contributed by atoms with E-state index in [2.05, 4.69) is 4.98 Å². The number of nitrogens with zero attached hydrogens (tertiary/aromatic N) is 1. The van der Waals surface area contributed by atoms with Gasteiger partial charge in [-0.3, -0.25) is 0 Å². The van der Waals surface area contributed by atoms with Gasteiger partial charge in [0.05, 0.1) is 13.3 Å². The van der Waals surface area contributed by atoms with Gasteiger partial charge in [0.2, 0.25) is 0 Å². The molecule has 0 aliphatic carbocycles. The Labute approximate surface area is 93.5 Å². The Balaban J connectivity index is 2.08. The minimum Gasteiger partial charge on any atom is -0.497 e. The van der Waals surface area contributed by atoms with Crippen LogP contribution in [0.15, 0.2) is 34.9 Å². The molecule has 0 aliphatic heterocycles. The molecular weight excluding hydrogens is 206 g/mol. The highest BCUT2D eigenvalue weighted by atomic mass is 16.5. The average Bonchev–Trinajstić information content (AvgIpc) is 2.78. The van der Waals surface area contributed by atoms with Gasteiger partial charge in [-0.1, -0.05) is 12.1 Å². The molecule has 0 aliphatic rings. The quantitative estimate of drug-likeness (QED) is 0.851.